The van der Waals surface area contributed by atoms with Crippen LogP contribution >= 0.6 is 0 Å². The van der Waals surface area contributed by atoms with Gasteiger partial charge in [0.05, 0.1) is 12.1 Å². The molecule has 3 nitrogen and oxygen atoms in total. The van der Waals surface area contributed by atoms with Crippen LogP contribution in [-0.4, -0.2) is 30.3 Å². The van der Waals surface area contributed by atoms with Gasteiger partial charge < -0.3 is 10.4 Å². The lowest BCUT2D eigenvalue weighted by atomic mass is 9.83. The van der Waals surface area contributed by atoms with Crippen LogP contribution in [0.2, 0.25) is 0 Å². The molecule has 1 rings (SSSR count). The minimum absolute atomic E-state index is 0.0498. The van der Waals surface area contributed by atoms with Gasteiger partial charge in [0, 0.05) is 0 Å². The number of halogens is 1. The lowest BCUT2D eigenvalue weighted by molar-refractivity contribution is -0.144. The van der Waals surface area contributed by atoms with Gasteiger partial charge in [0.25, 0.3) is 0 Å². The average Bonchev–Trinajstić information content (AvgIpc) is 2.03. The van der Waals surface area contributed by atoms with Crippen LogP contribution < -0.4 is 5.32 Å². The highest BCUT2D eigenvalue weighted by Gasteiger charge is 2.31. The highest BCUT2D eigenvalue weighted by Crippen LogP contribution is 2.24. The summed E-state index contributed by atoms with van der Waals surface area (Å²) in [5.74, 6) is -1.20. The molecule has 0 amide bonds. The molecule has 3 unspecified atom stereocenters. The first-order chi connectivity index (χ1) is 6.11. The topological polar surface area (TPSA) is 49.3 Å². The number of carbonyl (C=O) groups is 1. The second kappa shape index (κ2) is 4.56. The van der Waals surface area contributed by atoms with Gasteiger partial charge in [-0.25, -0.2) is 4.39 Å². The van der Waals surface area contributed by atoms with Crippen molar-refractivity contribution >= 4 is 5.97 Å². The fourth-order valence-corrected chi connectivity index (χ4v) is 1.91. The number of hydrogen-bond donors (Lipinski definition) is 2. The third kappa shape index (κ3) is 2.95. The van der Waals surface area contributed by atoms with E-state index in [2.05, 4.69) is 5.32 Å². The monoisotopic (exact) mass is 189 g/mol. The second-order valence-electron chi connectivity index (χ2n) is 3.71. The first-order valence-corrected chi connectivity index (χ1v) is 4.69. The highest BCUT2D eigenvalue weighted by atomic mass is 19.1. The number of hydrogen-bond acceptors (Lipinski definition) is 2. The molecule has 13 heavy (non-hydrogen) atoms. The molecule has 0 aromatic heterocycles. The molecule has 1 aliphatic rings. The van der Waals surface area contributed by atoms with Crippen molar-refractivity contribution in [2.75, 3.05) is 13.1 Å². The third-order valence-electron chi connectivity index (χ3n) is 2.55. The zero-order valence-corrected chi connectivity index (χ0v) is 7.79. The Labute approximate surface area is 77.3 Å². The normalized spacial score (nSPS) is 31.2. The molecule has 4 heteroatoms. The van der Waals surface area contributed by atoms with Crippen molar-refractivity contribution in [2.24, 2.45) is 11.8 Å². The molecule has 76 valence electrons. The third-order valence-corrected chi connectivity index (χ3v) is 2.55. The van der Waals surface area contributed by atoms with Gasteiger partial charge in [-0.1, -0.05) is 0 Å². The average molecular weight is 189 g/mol. The van der Waals surface area contributed by atoms with E-state index in [-0.39, 0.29) is 11.8 Å². The summed E-state index contributed by atoms with van der Waals surface area (Å²) in [7, 11) is 0. The highest BCUT2D eigenvalue weighted by molar-refractivity contribution is 5.70. The largest absolute Gasteiger partial charge is 0.481 e. The van der Waals surface area contributed by atoms with E-state index >= 15 is 0 Å². The standard InChI is InChI=1S/C9H16FNO2/c1-6(10)4-7-5-11-3-2-8(7)9(12)13/h6-8,11H,2-5H2,1H3,(H,12,13). The van der Waals surface area contributed by atoms with Gasteiger partial charge in [-0.3, -0.25) is 4.79 Å². The number of nitrogens with one attached hydrogen (secondary N) is 1. The van der Waals surface area contributed by atoms with E-state index in [1.165, 1.54) is 6.92 Å². The maximum atomic E-state index is 12.7. The van der Waals surface area contributed by atoms with Crippen LogP contribution in [0.1, 0.15) is 19.8 Å². The quantitative estimate of drug-likeness (QED) is 0.697. The molecule has 0 aliphatic carbocycles. The van der Waals surface area contributed by atoms with Gasteiger partial charge in [-0.2, -0.15) is 0 Å². The molecule has 1 fully saturated rings. The van der Waals surface area contributed by atoms with Gasteiger partial charge in [0.15, 0.2) is 0 Å². The maximum absolute atomic E-state index is 12.7. The van der Waals surface area contributed by atoms with E-state index in [4.69, 9.17) is 5.11 Å². The van der Waals surface area contributed by atoms with Crippen molar-refractivity contribution in [3.8, 4) is 0 Å². The molecule has 0 radical (unpaired) electrons. The Morgan fingerprint density at radius 2 is 2.46 bits per heavy atom. The fourth-order valence-electron chi connectivity index (χ4n) is 1.91. The van der Waals surface area contributed by atoms with Crippen molar-refractivity contribution in [1.82, 2.24) is 5.32 Å². The molecule has 2 N–H and O–H groups in total. The Kier molecular flexibility index (Phi) is 3.66. The number of piperidine rings is 1. The number of carboxylic acids is 1. The molecule has 1 aliphatic heterocycles. The van der Waals surface area contributed by atoms with Crippen LogP contribution in [-0.2, 0) is 4.79 Å². The van der Waals surface area contributed by atoms with Crippen LogP contribution in [0.3, 0.4) is 0 Å². The molecule has 0 spiro atoms. The molecule has 0 bridgehead atoms. The molecule has 3 atom stereocenters. The summed E-state index contributed by atoms with van der Waals surface area (Å²) in [6.45, 7) is 2.84. The van der Waals surface area contributed by atoms with Crippen LogP contribution in [0, 0.1) is 11.8 Å². The predicted molar refractivity (Wildman–Crippen MR) is 47.3 cm³/mol. The summed E-state index contributed by atoms with van der Waals surface area (Å²) in [5, 5.41) is 12.0. The zero-order valence-electron chi connectivity index (χ0n) is 7.79. The van der Waals surface area contributed by atoms with Gasteiger partial charge in [-0.15, -0.1) is 0 Å². The minimum Gasteiger partial charge on any atom is -0.481 e. The van der Waals surface area contributed by atoms with Crippen LogP contribution in [0.25, 0.3) is 0 Å². The molecular weight excluding hydrogens is 173 g/mol. The Bertz CT molecular complexity index is 184. The molecular formula is C9H16FNO2. The summed E-state index contributed by atoms with van der Waals surface area (Å²) in [4.78, 5) is 10.8. The minimum atomic E-state index is -0.910. The van der Waals surface area contributed by atoms with Gasteiger partial charge in [-0.05, 0) is 38.8 Å². The summed E-state index contributed by atoms with van der Waals surface area (Å²) in [5.41, 5.74) is 0. The number of rotatable bonds is 3. The predicted octanol–water partition coefficient (Wildman–Crippen LogP) is 1.04. The molecule has 0 aromatic carbocycles. The maximum Gasteiger partial charge on any atom is 0.306 e. The molecule has 0 aromatic rings. The van der Waals surface area contributed by atoms with Crippen LogP contribution in [0.4, 0.5) is 4.39 Å². The van der Waals surface area contributed by atoms with E-state index in [1.807, 2.05) is 0 Å². The van der Waals surface area contributed by atoms with Gasteiger partial charge in [0.1, 0.15) is 0 Å². The SMILES string of the molecule is CC(F)CC1CNCCC1C(=O)O. The Morgan fingerprint density at radius 3 is 3.00 bits per heavy atom. The van der Waals surface area contributed by atoms with E-state index in [0.717, 1.165) is 6.54 Å². The molecule has 1 heterocycles. The number of carboxylic acid groups (broad SMARTS) is 1. The lowest BCUT2D eigenvalue weighted by Gasteiger charge is -2.29. The van der Waals surface area contributed by atoms with Gasteiger partial charge >= 0.3 is 5.97 Å². The van der Waals surface area contributed by atoms with Crippen LogP contribution in [0.15, 0.2) is 0 Å². The zero-order chi connectivity index (χ0) is 9.84. The van der Waals surface area contributed by atoms with E-state index in [9.17, 15) is 9.18 Å². The Hall–Kier alpha value is -0.640. The summed E-state index contributed by atoms with van der Waals surface area (Å²) >= 11 is 0. The first kappa shape index (κ1) is 10.4. The first-order valence-electron chi connectivity index (χ1n) is 4.69. The van der Waals surface area contributed by atoms with E-state index in [1.54, 1.807) is 0 Å². The van der Waals surface area contributed by atoms with Gasteiger partial charge in [0.2, 0.25) is 0 Å². The van der Waals surface area contributed by atoms with E-state index < -0.39 is 12.1 Å². The Morgan fingerprint density at radius 1 is 1.77 bits per heavy atom. The van der Waals surface area contributed by atoms with Crippen molar-refractivity contribution in [3.63, 3.8) is 0 Å². The van der Waals surface area contributed by atoms with Crippen molar-refractivity contribution in [3.05, 3.63) is 0 Å². The summed E-state index contributed by atoms with van der Waals surface area (Å²) in [6, 6.07) is 0. The lowest BCUT2D eigenvalue weighted by Crippen LogP contribution is -2.41. The van der Waals surface area contributed by atoms with Crippen molar-refractivity contribution < 1.29 is 14.3 Å². The smallest absolute Gasteiger partial charge is 0.306 e. The Balaban J connectivity index is 2.51. The molecule has 1 saturated heterocycles. The van der Waals surface area contributed by atoms with Crippen molar-refractivity contribution in [1.29, 1.82) is 0 Å². The second-order valence-corrected chi connectivity index (χ2v) is 3.71. The molecule has 0 saturated carbocycles. The van der Waals surface area contributed by atoms with Crippen LogP contribution in [0.5, 0.6) is 0 Å². The fraction of sp³-hybridized carbons (Fsp3) is 0.889. The van der Waals surface area contributed by atoms with E-state index in [0.29, 0.717) is 19.4 Å². The number of aliphatic carboxylic acids is 1. The number of alkyl halides is 1. The summed E-state index contributed by atoms with van der Waals surface area (Å²) < 4.78 is 12.7. The van der Waals surface area contributed by atoms with Crippen molar-refractivity contribution in [2.45, 2.75) is 25.9 Å². The summed E-state index contributed by atoms with van der Waals surface area (Å²) in [6.07, 6.45) is 0.0585.